The molecule has 6 nitrogen and oxygen atoms in total. The molecule has 0 atom stereocenters. The van der Waals surface area contributed by atoms with E-state index in [1.807, 2.05) is 103 Å². The van der Waals surface area contributed by atoms with E-state index in [0.717, 1.165) is 44.1 Å². The third-order valence-corrected chi connectivity index (χ3v) is 7.02. The maximum absolute atomic E-state index is 6.40. The Labute approximate surface area is 226 Å². The van der Waals surface area contributed by atoms with E-state index in [4.69, 9.17) is 30.4 Å². The van der Waals surface area contributed by atoms with Crippen molar-refractivity contribution in [1.82, 2.24) is 19.9 Å². The molecule has 4 heterocycles. The van der Waals surface area contributed by atoms with E-state index < -0.39 is 0 Å². The number of furan rings is 2. The van der Waals surface area contributed by atoms with Crippen molar-refractivity contribution < 1.29 is 8.83 Å². The maximum atomic E-state index is 6.40. The summed E-state index contributed by atoms with van der Waals surface area (Å²) in [5, 5.41) is 1.99. The van der Waals surface area contributed by atoms with Crippen molar-refractivity contribution in [3.05, 3.63) is 108 Å². The molecule has 4 aromatic carbocycles. The summed E-state index contributed by atoms with van der Waals surface area (Å²) in [6.45, 7) is 0. The molecule has 0 saturated carbocycles. The van der Waals surface area contributed by atoms with Crippen molar-refractivity contribution >= 4 is 55.7 Å². The Morgan fingerprint density at radius 2 is 1.03 bits per heavy atom. The summed E-state index contributed by atoms with van der Waals surface area (Å²) in [6.07, 6.45) is 0. The fraction of sp³-hybridized carbons (Fsp3) is 0. The Kier molecular flexibility index (Phi) is 4.77. The van der Waals surface area contributed by atoms with Crippen molar-refractivity contribution in [2.24, 2.45) is 0 Å². The number of benzene rings is 4. The standard InChI is InChI=1S/C32H17ClN4O2/c33-32-36-26(30-28(37-32)22-14-5-7-16-24(22)39-30)20-12-8-11-19(17-20)25-29-27(21-13-4-6-15-23(21)38-29)35-31(34-25)18-9-2-1-3-10-18/h1-17H. The highest BCUT2D eigenvalue weighted by molar-refractivity contribution is 6.29. The third-order valence-electron chi connectivity index (χ3n) is 6.85. The minimum atomic E-state index is 0.155. The smallest absolute Gasteiger partial charge is 0.223 e. The number of halogens is 1. The van der Waals surface area contributed by atoms with Crippen LogP contribution in [0.1, 0.15) is 0 Å². The SMILES string of the molecule is Clc1nc(-c2cccc(-c3nc(-c4ccccc4)nc4c3oc3ccccc34)c2)c2oc3ccccc3c2n1. The minimum Gasteiger partial charge on any atom is -0.452 e. The first-order valence-corrected chi connectivity index (χ1v) is 12.8. The van der Waals surface area contributed by atoms with Gasteiger partial charge in [0.25, 0.3) is 0 Å². The zero-order valence-corrected chi connectivity index (χ0v) is 21.1. The van der Waals surface area contributed by atoms with Crippen LogP contribution in [0, 0.1) is 0 Å². The number of para-hydroxylation sites is 2. The highest BCUT2D eigenvalue weighted by Crippen LogP contribution is 2.38. The van der Waals surface area contributed by atoms with Gasteiger partial charge in [-0.05, 0) is 41.9 Å². The molecule has 7 heteroatoms. The lowest BCUT2D eigenvalue weighted by Gasteiger charge is -2.08. The second kappa shape index (κ2) is 8.48. The van der Waals surface area contributed by atoms with Crippen LogP contribution in [0.3, 0.4) is 0 Å². The Balaban J connectivity index is 1.39. The first-order valence-electron chi connectivity index (χ1n) is 12.4. The number of nitrogens with zero attached hydrogens (tertiary/aromatic N) is 4. The summed E-state index contributed by atoms with van der Waals surface area (Å²) in [7, 11) is 0. The largest absolute Gasteiger partial charge is 0.452 e. The predicted molar refractivity (Wildman–Crippen MR) is 153 cm³/mol. The van der Waals surface area contributed by atoms with E-state index in [-0.39, 0.29) is 5.28 Å². The lowest BCUT2D eigenvalue weighted by Crippen LogP contribution is -1.94. The van der Waals surface area contributed by atoms with Crippen LogP contribution in [0.4, 0.5) is 0 Å². The van der Waals surface area contributed by atoms with Gasteiger partial charge in [-0.2, -0.15) is 0 Å². The van der Waals surface area contributed by atoms with Crippen molar-refractivity contribution in [3.8, 4) is 33.9 Å². The first kappa shape index (κ1) is 22.0. The molecule has 0 spiro atoms. The number of hydrogen-bond donors (Lipinski definition) is 0. The van der Waals surface area contributed by atoms with E-state index in [1.54, 1.807) is 0 Å². The van der Waals surface area contributed by atoms with Gasteiger partial charge in [-0.25, -0.2) is 19.9 Å². The second-order valence-electron chi connectivity index (χ2n) is 9.24. The monoisotopic (exact) mass is 524 g/mol. The van der Waals surface area contributed by atoms with Crippen LogP contribution in [-0.4, -0.2) is 19.9 Å². The van der Waals surface area contributed by atoms with Crippen molar-refractivity contribution in [2.75, 3.05) is 0 Å². The second-order valence-corrected chi connectivity index (χ2v) is 9.57. The predicted octanol–water partition coefficient (Wildman–Crippen LogP) is 8.72. The quantitative estimate of drug-likeness (QED) is 0.215. The van der Waals surface area contributed by atoms with E-state index in [2.05, 4.69) is 9.97 Å². The molecule has 0 radical (unpaired) electrons. The molecule has 0 aliphatic rings. The highest BCUT2D eigenvalue weighted by Gasteiger charge is 2.20. The van der Waals surface area contributed by atoms with Gasteiger partial charge < -0.3 is 8.83 Å². The Hall–Kier alpha value is -5.07. The van der Waals surface area contributed by atoms with Gasteiger partial charge in [0.05, 0.1) is 0 Å². The highest BCUT2D eigenvalue weighted by atomic mass is 35.5. The normalized spacial score (nSPS) is 11.7. The molecule has 8 rings (SSSR count). The van der Waals surface area contributed by atoms with Crippen LogP contribution >= 0.6 is 11.6 Å². The molecule has 0 aliphatic carbocycles. The Morgan fingerprint density at radius 1 is 0.487 bits per heavy atom. The van der Waals surface area contributed by atoms with E-state index in [0.29, 0.717) is 33.9 Å². The van der Waals surface area contributed by atoms with Gasteiger partial charge in [-0.3, -0.25) is 0 Å². The zero-order chi connectivity index (χ0) is 25.9. The van der Waals surface area contributed by atoms with Crippen molar-refractivity contribution in [3.63, 3.8) is 0 Å². The Bertz CT molecular complexity index is 2200. The molecule has 0 N–H and O–H groups in total. The van der Waals surface area contributed by atoms with E-state index in [1.165, 1.54) is 0 Å². The van der Waals surface area contributed by atoms with Crippen LogP contribution in [-0.2, 0) is 0 Å². The fourth-order valence-corrected chi connectivity index (χ4v) is 5.25. The topological polar surface area (TPSA) is 77.8 Å². The molecular weight excluding hydrogens is 508 g/mol. The van der Waals surface area contributed by atoms with Crippen LogP contribution in [0.5, 0.6) is 0 Å². The molecule has 0 amide bonds. The fourth-order valence-electron chi connectivity index (χ4n) is 5.08. The van der Waals surface area contributed by atoms with Gasteiger partial charge in [0.2, 0.25) is 5.28 Å². The third kappa shape index (κ3) is 3.50. The van der Waals surface area contributed by atoms with E-state index in [9.17, 15) is 0 Å². The number of aromatic nitrogens is 4. The van der Waals surface area contributed by atoms with Crippen molar-refractivity contribution in [2.45, 2.75) is 0 Å². The van der Waals surface area contributed by atoms with Crippen LogP contribution in [0.2, 0.25) is 5.28 Å². The Morgan fingerprint density at radius 3 is 1.69 bits per heavy atom. The molecular formula is C32H17ClN4O2. The molecule has 0 saturated heterocycles. The molecule has 0 bridgehead atoms. The number of hydrogen-bond acceptors (Lipinski definition) is 6. The molecule has 0 aliphatic heterocycles. The molecule has 184 valence electrons. The molecule has 0 unspecified atom stereocenters. The lowest BCUT2D eigenvalue weighted by molar-refractivity contribution is 0.667. The minimum absolute atomic E-state index is 0.155. The summed E-state index contributed by atoms with van der Waals surface area (Å²) < 4.78 is 12.5. The summed E-state index contributed by atoms with van der Waals surface area (Å²) >= 11 is 6.40. The lowest BCUT2D eigenvalue weighted by atomic mass is 10.0. The average Bonchev–Trinajstić information content (AvgIpc) is 3.55. The van der Waals surface area contributed by atoms with Crippen LogP contribution in [0.25, 0.3) is 78.0 Å². The average molecular weight is 525 g/mol. The number of rotatable bonds is 3. The van der Waals surface area contributed by atoms with Gasteiger partial charge in [0.1, 0.15) is 33.6 Å². The molecule has 0 fully saturated rings. The van der Waals surface area contributed by atoms with Gasteiger partial charge in [-0.15, -0.1) is 0 Å². The summed E-state index contributed by atoms with van der Waals surface area (Å²) in [6, 6.07) is 33.6. The summed E-state index contributed by atoms with van der Waals surface area (Å²) in [5.74, 6) is 0.625. The molecule has 8 aromatic rings. The van der Waals surface area contributed by atoms with Gasteiger partial charge in [0, 0.05) is 27.5 Å². The molecule has 39 heavy (non-hydrogen) atoms. The van der Waals surface area contributed by atoms with Crippen LogP contribution < -0.4 is 0 Å². The first-order chi connectivity index (χ1) is 19.2. The van der Waals surface area contributed by atoms with Gasteiger partial charge in [0.15, 0.2) is 17.0 Å². The zero-order valence-electron chi connectivity index (χ0n) is 20.3. The van der Waals surface area contributed by atoms with Gasteiger partial charge >= 0.3 is 0 Å². The maximum Gasteiger partial charge on any atom is 0.223 e. The van der Waals surface area contributed by atoms with Crippen molar-refractivity contribution in [1.29, 1.82) is 0 Å². The van der Waals surface area contributed by atoms with Gasteiger partial charge in [-0.1, -0.05) is 72.8 Å². The van der Waals surface area contributed by atoms with Crippen LogP contribution in [0.15, 0.2) is 112 Å². The van der Waals surface area contributed by atoms with E-state index >= 15 is 0 Å². The summed E-state index contributed by atoms with van der Waals surface area (Å²) in [4.78, 5) is 19.0. The summed E-state index contributed by atoms with van der Waals surface area (Å²) in [5.41, 5.74) is 8.06. The number of fused-ring (bicyclic) bond motifs is 6. The molecule has 4 aromatic heterocycles.